The zero-order valence-corrected chi connectivity index (χ0v) is 11.7. The standard InChI is InChI=1S/C18H25N/c19-18-15(8-7-13-3-1-2-4-17(13)18)11-16-10-12-5-6-14(16)9-12/h1-4,12,14-16,18H,5-11,19H2. The summed E-state index contributed by atoms with van der Waals surface area (Å²) in [5, 5.41) is 0. The minimum absolute atomic E-state index is 0.295. The summed E-state index contributed by atoms with van der Waals surface area (Å²) in [5.74, 6) is 3.86. The summed E-state index contributed by atoms with van der Waals surface area (Å²) in [7, 11) is 0. The van der Waals surface area contributed by atoms with Crippen LogP contribution in [0.3, 0.4) is 0 Å². The lowest BCUT2D eigenvalue weighted by atomic mass is 9.73. The van der Waals surface area contributed by atoms with Gasteiger partial charge in [-0.05, 0) is 73.3 Å². The number of benzene rings is 1. The smallest absolute Gasteiger partial charge is 0.0326 e. The van der Waals surface area contributed by atoms with E-state index in [0.717, 1.165) is 23.7 Å². The van der Waals surface area contributed by atoms with Crippen LogP contribution in [0.15, 0.2) is 24.3 Å². The van der Waals surface area contributed by atoms with Crippen molar-refractivity contribution in [2.75, 3.05) is 0 Å². The van der Waals surface area contributed by atoms with Gasteiger partial charge in [0.05, 0.1) is 0 Å². The zero-order valence-electron chi connectivity index (χ0n) is 11.7. The molecule has 0 aromatic heterocycles. The first kappa shape index (κ1) is 12.0. The van der Waals surface area contributed by atoms with Crippen LogP contribution in [0.4, 0.5) is 0 Å². The van der Waals surface area contributed by atoms with Gasteiger partial charge < -0.3 is 5.73 Å². The average Bonchev–Trinajstić information content (AvgIpc) is 3.05. The Morgan fingerprint density at radius 2 is 1.89 bits per heavy atom. The number of nitrogens with two attached hydrogens (primary N) is 1. The van der Waals surface area contributed by atoms with E-state index in [-0.39, 0.29) is 0 Å². The largest absolute Gasteiger partial charge is 0.324 e. The molecule has 2 fully saturated rings. The highest BCUT2D eigenvalue weighted by Gasteiger charge is 2.41. The third-order valence-electron chi connectivity index (χ3n) is 6.20. The molecule has 0 radical (unpaired) electrons. The van der Waals surface area contributed by atoms with Crippen molar-refractivity contribution in [3.63, 3.8) is 0 Å². The third-order valence-corrected chi connectivity index (χ3v) is 6.20. The van der Waals surface area contributed by atoms with Gasteiger partial charge in [0.15, 0.2) is 0 Å². The second-order valence-electron chi connectivity index (χ2n) is 7.19. The average molecular weight is 255 g/mol. The van der Waals surface area contributed by atoms with Crippen molar-refractivity contribution in [1.82, 2.24) is 0 Å². The van der Waals surface area contributed by atoms with E-state index in [1.54, 1.807) is 0 Å². The molecule has 1 nitrogen and oxygen atoms in total. The molecular weight excluding hydrogens is 230 g/mol. The van der Waals surface area contributed by atoms with Crippen LogP contribution in [-0.2, 0) is 6.42 Å². The summed E-state index contributed by atoms with van der Waals surface area (Å²) in [6, 6.07) is 9.13. The predicted octanol–water partition coefficient (Wildman–Crippen LogP) is 4.08. The van der Waals surface area contributed by atoms with Crippen LogP contribution < -0.4 is 5.73 Å². The van der Waals surface area contributed by atoms with Gasteiger partial charge in [-0.3, -0.25) is 0 Å². The van der Waals surface area contributed by atoms with Crippen LogP contribution in [0, 0.1) is 23.7 Å². The molecule has 0 saturated heterocycles. The van der Waals surface area contributed by atoms with Crippen molar-refractivity contribution in [3.05, 3.63) is 35.4 Å². The van der Waals surface area contributed by atoms with Gasteiger partial charge >= 0.3 is 0 Å². The summed E-state index contributed by atoms with van der Waals surface area (Å²) in [5.41, 5.74) is 9.50. The van der Waals surface area contributed by atoms with E-state index in [1.807, 2.05) is 0 Å². The number of fused-ring (bicyclic) bond motifs is 3. The highest BCUT2D eigenvalue weighted by molar-refractivity contribution is 5.32. The van der Waals surface area contributed by atoms with Crippen LogP contribution in [0.25, 0.3) is 0 Å². The van der Waals surface area contributed by atoms with Crippen molar-refractivity contribution < 1.29 is 0 Å². The first-order valence-electron chi connectivity index (χ1n) is 8.14. The normalized spacial score (nSPS) is 40.4. The Kier molecular flexibility index (Phi) is 2.91. The number of aryl methyl sites for hydroxylation is 1. The highest BCUT2D eigenvalue weighted by atomic mass is 14.7. The maximum absolute atomic E-state index is 6.57. The molecular formula is C18H25N. The maximum Gasteiger partial charge on any atom is 0.0326 e. The molecule has 1 aromatic rings. The van der Waals surface area contributed by atoms with Crippen molar-refractivity contribution in [2.45, 2.75) is 51.0 Å². The van der Waals surface area contributed by atoms with E-state index in [1.165, 1.54) is 56.1 Å². The van der Waals surface area contributed by atoms with E-state index in [4.69, 9.17) is 5.73 Å². The van der Waals surface area contributed by atoms with E-state index < -0.39 is 0 Å². The van der Waals surface area contributed by atoms with Gasteiger partial charge in [0.25, 0.3) is 0 Å². The van der Waals surface area contributed by atoms with Crippen LogP contribution in [0.1, 0.15) is 55.7 Å². The fraction of sp³-hybridized carbons (Fsp3) is 0.667. The van der Waals surface area contributed by atoms with E-state index in [9.17, 15) is 0 Å². The Bertz CT molecular complexity index is 467. The topological polar surface area (TPSA) is 26.0 Å². The lowest BCUT2D eigenvalue weighted by Gasteiger charge is -2.34. The molecule has 0 spiro atoms. The molecule has 102 valence electrons. The Hall–Kier alpha value is -0.820. The zero-order chi connectivity index (χ0) is 12.8. The molecule has 0 heterocycles. The summed E-state index contributed by atoms with van der Waals surface area (Å²) < 4.78 is 0. The van der Waals surface area contributed by atoms with Crippen molar-refractivity contribution in [3.8, 4) is 0 Å². The number of hydrogen-bond donors (Lipinski definition) is 1. The maximum atomic E-state index is 6.57. The summed E-state index contributed by atoms with van der Waals surface area (Å²) >= 11 is 0. The van der Waals surface area contributed by atoms with Gasteiger partial charge in [0.1, 0.15) is 0 Å². The van der Waals surface area contributed by atoms with Gasteiger partial charge in [-0.15, -0.1) is 0 Å². The van der Waals surface area contributed by atoms with Crippen LogP contribution in [0.2, 0.25) is 0 Å². The van der Waals surface area contributed by atoms with Gasteiger partial charge in [0.2, 0.25) is 0 Å². The molecule has 0 amide bonds. The second-order valence-corrected chi connectivity index (χ2v) is 7.19. The molecule has 1 heteroatoms. The molecule has 3 aliphatic carbocycles. The van der Waals surface area contributed by atoms with Gasteiger partial charge in [0, 0.05) is 6.04 Å². The molecule has 5 unspecified atom stereocenters. The highest BCUT2D eigenvalue weighted by Crippen LogP contribution is 2.52. The minimum atomic E-state index is 0.295. The van der Waals surface area contributed by atoms with Crippen LogP contribution in [-0.4, -0.2) is 0 Å². The molecule has 2 saturated carbocycles. The number of hydrogen-bond acceptors (Lipinski definition) is 1. The first-order valence-corrected chi connectivity index (χ1v) is 8.14. The predicted molar refractivity (Wildman–Crippen MR) is 78.7 cm³/mol. The summed E-state index contributed by atoms with van der Waals surface area (Å²) in [6.45, 7) is 0. The quantitative estimate of drug-likeness (QED) is 0.847. The Morgan fingerprint density at radius 1 is 1.00 bits per heavy atom. The molecule has 19 heavy (non-hydrogen) atoms. The lowest BCUT2D eigenvalue weighted by molar-refractivity contribution is 0.231. The van der Waals surface area contributed by atoms with E-state index in [0.29, 0.717) is 6.04 Å². The van der Waals surface area contributed by atoms with Crippen molar-refractivity contribution >= 4 is 0 Å². The van der Waals surface area contributed by atoms with Crippen LogP contribution in [0.5, 0.6) is 0 Å². The molecule has 4 rings (SSSR count). The number of rotatable bonds is 2. The van der Waals surface area contributed by atoms with Gasteiger partial charge in [-0.2, -0.15) is 0 Å². The van der Waals surface area contributed by atoms with Gasteiger partial charge in [-0.25, -0.2) is 0 Å². The molecule has 2 bridgehead atoms. The SMILES string of the molecule is NC1c2ccccc2CCC1CC1CC2CCC1C2. The third kappa shape index (κ3) is 2.03. The fourth-order valence-electron chi connectivity index (χ4n) is 5.18. The van der Waals surface area contributed by atoms with Crippen LogP contribution >= 0.6 is 0 Å². The van der Waals surface area contributed by atoms with Crippen molar-refractivity contribution in [2.24, 2.45) is 29.4 Å². The Morgan fingerprint density at radius 3 is 2.68 bits per heavy atom. The molecule has 0 aliphatic heterocycles. The first-order chi connectivity index (χ1) is 9.31. The monoisotopic (exact) mass is 255 g/mol. The molecule has 2 N–H and O–H groups in total. The van der Waals surface area contributed by atoms with Gasteiger partial charge in [-0.1, -0.05) is 30.7 Å². The molecule has 5 atom stereocenters. The summed E-state index contributed by atoms with van der Waals surface area (Å²) in [6.07, 6.45) is 10.0. The summed E-state index contributed by atoms with van der Waals surface area (Å²) in [4.78, 5) is 0. The molecule has 3 aliphatic rings. The van der Waals surface area contributed by atoms with Crippen molar-refractivity contribution in [1.29, 1.82) is 0 Å². The minimum Gasteiger partial charge on any atom is -0.324 e. The van der Waals surface area contributed by atoms with E-state index >= 15 is 0 Å². The Balaban J connectivity index is 1.48. The second kappa shape index (κ2) is 4.63. The van der Waals surface area contributed by atoms with E-state index in [2.05, 4.69) is 24.3 Å². The molecule has 1 aromatic carbocycles. The lowest BCUT2D eigenvalue weighted by Crippen LogP contribution is -2.30. The fourth-order valence-corrected chi connectivity index (χ4v) is 5.18. The Labute approximate surface area is 116 Å².